The van der Waals surface area contributed by atoms with Crippen molar-refractivity contribution in [2.24, 2.45) is 0 Å². The van der Waals surface area contributed by atoms with Gasteiger partial charge in [-0.1, -0.05) is 12.1 Å². The number of nitrogens with one attached hydrogen (secondary N) is 1. The van der Waals surface area contributed by atoms with Crippen LogP contribution in [0.3, 0.4) is 0 Å². The summed E-state index contributed by atoms with van der Waals surface area (Å²) in [5.41, 5.74) is 1.09. The molecule has 3 rings (SSSR count). The Morgan fingerprint density at radius 2 is 1.83 bits per heavy atom. The highest BCUT2D eigenvalue weighted by Crippen LogP contribution is 2.20. The van der Waals surface area contributed by atoms with Crippen LogP contribution in [0.4, 0.5) is 0 Å². The lowest BCUT2D eigenvalue weighted by Gasteiger charge is -2.08. The summed E-state index contributed by atoms with van der Waals surface area (Å²) in [5.74, 6) is -0.259. The molecule has 23 heavy (non-hydrogen) atoms. The smallest absolute Gasteiger partial charge is 0.338 e. The minimum absolute atomic E-state index is 0.0151. The predicted molar refractivity (Wildman–Crippen MR) is 77.7 cm³/mol. The average molecular weight is 315 g/mol. The summed E-state index contributed by atoms with van der Waals surface area (Å²) in [7, 11) is 0. The fourth-order valence-electron chi connectivity index (χ4n) is 2.03. The van der Waals surface area contributed by atoms with Crippen molar-refractivity contribution in [3.63, 3.8) is 0 Å². The van der Waals surface area contributed by atoms with Gasteiger partial charge in [0.1, 0.15) is 6.61 Å². The molecule has 3 aromatic rings. The number of carbonyl (C=O) groups excluding carboxylic acids is 1. The first-order chi connectivity index (χ1) is 11.1. The van der Waals surface area contributed by atoms with E-state index in [1.54, 1.807) is 24.3 Å². The van der Waals surface area contributed by atoms with Crippen molar-refractivity contribution in [2.45, 2.75) is 6.54 Å². The lowest BCUT2D eigenvalue weighted by molar-refractivity contribution is 0.0486. The monoisotopic (exact) mass is 315 g/mol. The zero-order chi connectivity index (χ0) is 16.2. The Balaban J connectivity index is 1.58. The number of aromatic amines is 1. The second-order valence-corrected chi connectivity index (χ2v) is 4.65. The number of ether oxygens (including phenoxy) is 1. The molecular weight excluding hydrogens is 302 g/mol. The van der Waals surface area contributed by atoms with Gasteiger partial charge in [-0.25, -0.2) is 4.79 Å². The van der Waals surface area contributed by atoms with Crippen LogP contribution >= 0.6 is 0 Å². The summed E-state index contributed by atoms with van der Waals surface area (Å²) in [6.07, 6.45) is 0. The Morgan fingerprint density at radius 1 is 1.13 bits per heavy atom. The molecular formula is C14H13N5O4. The van der Waals surface area contributed by atoms with Crippen molar-refractivity contribution in [2.75, 3.05) is 6.61 Å². The number of carbonyl (C=O) groups is 1. The lowest BCUT2D eigenvalue weighted by atomic mass is 10.1. The summed E-state index contributed by atoms with van der Waals surface area (Å²) >= 11 is 0. The molecule has 2 heterocycles. The number of tetrazole rings is 1. The predicted octanol–water partition coefficient (Wildman–Crippen LogP) is 0.936. The van der Waals surface area contributed by atoms with Crippen molar-refractivity contribution >= 4 is 5.97 Å². The van der Waals surface area contributed by atoms with Gasteiger partial charge in [0.25, 0.3) is 0 Å². The molecule has 0 spiro atoms. The Kier molecular flexibility index (Phi) is 3.91. The number of rotatable bonds is 5. The SMILES string of the molecule is O=C(OCCn1c(O)ccc1O)c1ccc(-c2nn[nH]n2)cc1. The number of nitrogens with zero attached hydrogens (tertiary/aromatic N) is 4. The van der Waals surface area contributed by atoms with Crippen LogP contribution in [0.15, 0.2) is 36.4 Å². The summed E-state index contributed by atoms with van der Waals surface area (Å²) in [4.78, 5) is 11.9. The third-order valence-corrected chi connectivity index (χ3v) is 3.21. The van der Waals surface area contributed by atoms with Gasteiger partial charge in [-0.15, -0.1) is 10.2 Å². The molecule has 0 bridgehead atoms. The van der Waals surface area contributed by atoms with E-state index in [-0.39, 0.29) is 24.9 Å². The van der Waals surface area contributed by atoms with Crippen molar-refractivity contribution in [3.05, 3.63) is 42.0 Å². The maximum atomic E-state index is 11.9. The van der Waals surface area contributed by atoms with Gasteiger partial charge in [0.15, 0.2) is 11.8 Å². The summed E-state index contributed by atoms with van der Waals surface area (Å²) in [5, 5.41) is 32.5. The van der Waals surface area contributed by atoms with Crippen LogP contribution in [-0.2, 0) is 11.3 Å². The molecule has 0 radical (unpaired) electrons. The highest BCUT2D eigenvalue weighted by Gasteiger charge is 2.10. The van der Waals surface area contributed by atoms with Gasteiger partial charge in [0, 0.05) is 17.7 Å². The first-order valence-corrected chi connectivity index (χ1v) is 6.73. The first-order valence-electron chi connectivity index (χ1n) is 6.73. The fourth-order valence-corrected chi connectivity index (χ4v) is 2.03. The second-order valence-electron chi connectivity index (χ2n) is 4.65. The van der Waals surface area contributed by atoms with E-state index in [4.69, 9.17) is 4.74 Å². The Labute approximate surface area is 130 Å². The molecule has 0 aliphatic carbocycles. The standard InChI is InChI=1S/C14H13N5O4/c20-11-5-6-12(21)19(11)7-8-23-14(22)10-3-1-9(2-4-10)13-15-17-18-16-13/h1-6,20-21H,7-8H2,(H,15,16,17,18). The highest BCUT2D eigenvalue weighted by atomic mass is 16.5. The fraction of sp³-hybridized carbons (Fsp3) is 0.143. The second kappa shape index (κ2) is 6.18. The van der Waals surface area contributed by atoms with Crippen molar-refractivity contribution in [1.82, 2.24) is 25.2 Å². The van der Waals surface area contributed by atoms with Gasteiger partial charge in [-0.2, -0.15) is 5.21 Å². The van der Waals surface area contributed by atoms with Gasteiger partial charge in [-0.05, 0) is 17.3 Å². The largest absolute Gasteiger partial charge is 0.494 e. The van der Waals surface area contributed by atoms with Crippen molar-refractivity contribution < 1.29 is 19.7 Å². The number of aromatic nitrogens is 5. The molecule has 3 N–H and O–H groups in total. The van der Waals surface area contributed by atoms with Gasteiger partial charge in [-0.3, -0.25) is 4.57 Å². The number of hydrogen-bond donors (Lipinski definition) is 3. The number of H-pyrrole nitrogens is 1. The van der Waals surface area contributed by atoms with E-state index < -0.39 is 5.97 Å². The topological polar surface area (TPSA) is 126 Å². The van der Waals surface area contributed by atoms with Crippen LogP contribution in [0.25, 0.3) is 11.4 Å². The molecule has 0 aliphatic heterocycles. The van der Waals surface area contributed by atoms with E-state index in [1.165, 1.54) is 16.7 Å². The third kappa shape index (κ3) is 3.12. The number of aromatic hydroxyl groups is 2. The van der Waals surface area contributed by atoms with Crippen LogP contribution in [0.1, 0.15) is 10.4 Å². The molecule has 0 saturated carbocycles. The van der Waals surface area contributed by atoms with E-state index >= 15 is 0 Å². The summed E-state index contributed by atoms with van der Waals surface area (Å²) < 4.78 is 6.34. The quantitative estimate of drug-likeness (QED) is 0.598. The molecule has 0 fully saturated rings. The molecule has 9 heteroatoms. The van der Waals surface area contributed by atoms with Crippen molar-refractivity contribution in [1.29, 1.82) is 0 Å². The number of esters is 1. The third-order valence-electron chi connectivity index (χ3n) is 3.21. The molecule has 0 unspecified atom stereocenters. The molecule has 0 saturated heterocycles. The maximum Gasteiger partial charge on any atom is 0.338 e. The van der Waals surface area contributed by atoms with Gasteiger partial charge < -0.3 is 14.9 Å². The molecule has 1 aromatic carbocycles. The zero-order valence-electron chi connectivity index (χ0n) is 11.9. The molecule has 0 aliphatic rings. The van der Waals surface area contributed by atoms with E-state index in [2.05, 4.69) is 20.6 Å². The van der Waals surface area contributed by atoms with E-state index in [1.807, 2.05) is 0 Å². The Morgan fingerprint density at radius 3 is 2.43 bits per heavy atom. The van der Waals surface area contributed by atoms with Gasteiger partial charge in [0.2, 0.25) is 5.82 Å². The Bertz CT molecular complexity index is 776. The minimum Gasteiger partial charge on any atom is -0.494 e. The van der Waals surface area contributed by atoms with Crippen LogP contribution in [0.2, 0.25) is 0 Å². The maximum absolute atomic E-state index is 11.9. The van der Waals surface area contributed by atoms with E-state index in [9.17, 15) is 15.0 Å². The number of hydrogen-bond acceptors (Lipinski definition) is 7. The molecule has 2 aromatic heterocycles. The lowest BCUT2D eigenvalue weighted by Crippen LogP contribution is -2.11. The molecule has 118 valence electrons. The van der Waals surface area contributed by atoms with Crippen LogP contribution in [0.5, 0.6) is 11.8 Å². The van der Waals surface area contributed by atoms with Gasteiger partial charge >= 0.3 is 5.97 Å². The first kappa shape index (κ1) is 14.6. The molecule has 0 amide bonds. The Hall–Kier alpha value is -3.36. The average Bonchev–Trinajstić information content (AvgIpc) is 3.20. The van der Waals surface area contributed by atoms with E-state index in [0.717, 1.165) is 5.56 Å². The van der Waals surface area contributed by atoms with Crippen LogP contribution in [0, 0.1) is 0 Å². The van der Waals surface area contributed by atoms with Crippen molar-refractivity contribution in [3.8, 4) is 23.1 Å². The zero-order valence-corrected chi connectivity index (χ0v) is 11.9. The van der Waals surface area contributed by atoms with Gasteiger partial charge in [0.05, 0.1) is 12.1 Å². The molecule has 9 nitrogen and oxygen atoms in total. The highest BCUT2D eigenvalue weighted by molar-refractivity contribution is 5.89. The summed E-state index contributed by atoms with van der Waals surface area (Å²) in [6, 6.07) is 9.27. The number of benzene rings is 1. The van der Waals surface area contributed by atoms with E-state index in [0.29, 0.717) is 11.4 Å². The van der Waals surface area contributed by atoms with Crippen LogP contribution < -0.4 is 0 Å². The summed E-state index contributed by atoms with van der Waals surface area (Å²) in [6.45, 7) is 0.165. The normalized spacial score (nSPS) is 10.6. The molecule has 0 atom stereocenters. The minimum atomic E-state index is -0.504. The van der Waals surface area contributed by atoms with Crippen LogP contribution in [-0.4, -0.2) is 48.0 Å².